The number of hydrogen-bond acceptors (Lipinski definition) is 7. The second kappa shape index (κ2) is 9.76. The molecule has 0 saturated carbocycles. The van der Waals surface area contributed by atoms with Crippen LogP contribution in [0.4, 0.5) is 0 Å². The summed E-state index contributed by atoms with van der Waals surface area (Å²) in [6.07, 6.45) is -5.49. The lowest BCUT2D eigenvalue weighted by Gasteiger charge is -2.40. The highest BCUT2D eigenvalue weighted by atomic mass is 16.5. The first-order valence-electron chi connectivity index (χ1n) is 10.1. The molecule has 30 heavy (non-hydrogen) atoms. The van der Waals surface area contributed by atoms with Gasteiger partial charge in [-0.05, 0) is 61.2 Å². The molecule has 1 saturated heterocycles. The predicted molar refractivity (Wildman–Crippen MR) is 111 cm³/mol. The lowest BCUT2D eigenvalue weighted by Crippen LogP contribution is -2.55. The smallest absolute Gasteiger partial charge is 0.125 e. The second-order valence-electron chi connectivity index (χ2n) is 7.52. The summed E-state index contributed by atoms with van der Waals surface area (Å²) in [5, 5.41) is 40.3. The molecule has 7 heteroatoms. The number of ether oxygens (including phenoxy) is 3. The third kappa shape index (κ3) is 4.61. The molecule has 1 aliphatic heterocycles. The molecular formula is C23H30O7. The summed E-state index contributed by atoms with van der Waals surface area (Å²) in [5.41, 5.74) is 3.66. The normalized spacial score (nSPS) is 26.4. The molecule has 2 aromatic rings. The van der Waals surface area contributed by atoms with E-state index in [-0.39, 0.29) is 0 Å². The van der Waals surface area contributed by atoms with E-state index in [1.54, 1.807) is 0 Å². The highest BCUT2D eigenvalue weighted by Gasteiger charge is 2.44. The van der Waals surface area contributed by atoms with Gasteiger partial charge in [-0.1, -0.05) is 12.1 Å². The average Bonchev–Trinajstić information content (AvgIpc) is 2.75. The van der Waals surface area contributed by atoms with E-state index < -0.39 is 37.1 Å². The van der Waals surface area contributed by atoms with Crippen molar-refractivity contribution in [2.45, 2.75) is 50.8 Å². The molecule has 1 heterocycles. The minimum atomic E-state index is -1.44. The fourth-order valence-electron chi connectivity index (χ4n) is 3.78. The number of aliphatic hydroxyl groups is 4. The topological polar surface area (TPSA) is 109 Å². The van der Waals surface area contributed by atoms with E-state index in [2.05, 4.69) is 0 Å². The summed E-state index contributed by atoms with van der Waals surface area (Å²) < 4.78 is 16.7. The van der Waals surface area contributed by atoms with Gasteiger partial charge >= 0.3 is 0 Å². The molecule has 4 N–H and O–H groups in total. The van der Waals surface area contributed by atoms with Crippen LogP contribution in [0.5, 0.6) is 11.5 Å². The van der Waals surface area contributed by atoms with Gasteiger partial charge < -0.3 is 34.6 Å². The Balaban J connectivity index is 1.93. The van der Waals surface area contributed by atoms with Crippen LogP contribution in [0.15, 0.2) is 36.4 Å². The Hall–Kier alpha value is -2.16. The molecule has 164 valence electrons. The minimum Gasteiger partial charge on any atom is -0.496 e. The summed E-state index contributed by atoms with van der Waals surface area (Å²) in [7, 11) is 1.52. The Morgan fingerprint density at radius 1 is 1.00 bits per heavy atom. The third-order valence-electron chi connectivity index (χ3n) is 5.52. The molecule has 0 radical (unpaired) electrons. The van der Waals surface area contributed by atoms with Gasteiger partial charge in [0.2, 0.25) is 0 Å². The van der Waals surface area contributed by atoms with Gasteiger partial charge in [-0.2, -0.15) is 0 Å². The molecule has 5 atom stereocenters. The first-order chi connectivity index (χ1) is 14.4. The van der Waals surface area contributed by atoms with Crippen molar-refractivity contribution in [1.82, 2.24) is 0 Å². The third-order valence-corrected chi connectivity index (χ3v) is 5.52. The second-order valence-corrected chi connectivity index (χ2v) is 7.52. The molecule has 0 aromatic heterocycles. The van der Waals surface area contributed by atoms with Gasteiger partial charge in [-0.15, -0.1) is 0 Å². The summed E-state index contributed by atoms with van der Waals surface area (Å²) in [6, 6.07) is 11.6. The van der Waals surface area contributed by atoms with Gasteiger partial charge in [0.25, 0.3) is 0 Å². The van der Waals surface area contributed by atoms with Crippen LogP contribution in [0.2, 0.25) is 0 Å². The van der Waals surface area contributed by atoms with Gasteiger partial charge in [-0.3, -0.25) is 0 Å². The van der Waals surface area contributed by atoms with E-state index in [0.717, 1.165) is 22.4 Å². The van der Waals surface area contributed by atoms with Crippen LogP contribution in [0.25, 0.3) is 0 Å². The Labute approximate surface area is 176 Å². The number of benzene rings is 2. The van der Waals surface area contributed by atoms with E-state index in [1.165, 1.54) is 7.11 Å². The van der Waals surface area contributed by atoms with Crippen molar-refractivity contribution in [3.63, 3.8) is 0 Å². The molecule has 0 aliphatic carbocycles. The van der Waals surface area contributed by atoms with E-state index in [1.807, 2.05) is 50.2 Å². The van der Waals surface area contributed by atoms with Crippen molar-refractivity contribution in [1.29, 1.82) is 0 Å². The SMILES string of the molecule is CCOc1ccc(Cc2cc([C@@H]3OC(CO)[C@@H](O)C(O)C3O)c(OC)cc2C)cc1. The fourth-order valence-corrected chi connectivity index (χ4v) is 3.78. The van der Waals surface area contributed by atoms with Crippen LogP contribution >= 0.6 is 0 Å². The maximum atomic E-state index is 10.5. The minimum absolute atomic E-state index is 0.478. The summed E-state index contributed by atoms with van der Waals surface area (Å²) in [4.78, 5) is 0. The molecule has 0 amide bonds. The number of hydrogen-bond donors (Lipinski definition) is 4. The molecule has 3 rings (SSSR count). The Morgan fingerprint density at radius 2 is 1.70 bits per heavy atom. The number of aryl methyl sites for hydroxylation is 1. The highest BCUT2D eigenvalue weighted by molar-refractivity contribution is 5.46. The summed E-state index contributed by atoms with van der Waals surface area (Å²) in [6.45, 7) is 4.05. The lowest BCUT2D eigenvalue weighted by molar-refractivity contribution is -0.232. The molecule has 0 spiro atoms. The molecule has 1 fully saturated rings. The Bertz CT molecular complexity index is 834. The maximum absolute atomic E-state index is 10.5. The van der Waals surface area contributed by atoms with Gasteiger partial charge in [0, 0.05) is 5.56 Å². The number of rotatable bonds is 7. The van der Waals surface area contributed by atoms with Gasteiger partial charge in [0.1, 0.15) is 42.0 Å². The van der Waals surface area contributed by atoms with Gasteiger partial charge in [-0.25, -0.2) is 0 Å². The standard InChI is InChI=1S/C23H30O7/c1-4-29-16-7-5-14(6-8-16)10-15-11-17(18(28-3)9-13(15)2)23-22(27)21(26)20(25)19(12-24)30-23/h5-9,11,19-27H,4,10,12H2,1-3H3/t19?,20-,21?,22?,23+/m1/s1. The van der Waals surface area contributed by atoms with E-state index in [4.69, 9.17) is 14.2 Å². The lowest BCUT2D eigenvalue weighted by atomic mass is 9.88. The van der Waals surface area contributed by atoms with E-state index in [0.29, 0.717) is 24.3 Å². The van der Waals surface area contributed by atoms with E-state index in [9.17, 15) is 20.4 Å². The first kappa shape index (κ1) is 22.5. The highest BCUT2D eigenvalue weighted by Crippen LogP contribution is 2.38. The predicted octanol–water partition coefficient (Wildman–Crippen LogP) is 1.51. The first-order valence-corrected chi connectivity index (χ1v) is 10.1. The largest absolute Gasteiger partial charge is 0.496 e. The van der Waals surface area contributed by atoms with Crippen molar-refractivity contribution >= 4 is 0 Å². The zero-order valence-electron chi connectivity index (χ0n) is 17.5. The number of methoxy groups -OCH3 is 1. The molecule has 1 aliphatic rings. The van der Waals surface area contributed by atoms with Crippen LogP contribution in [0, 0.1) is 6.92 Å². The van der Waals surface area contributed by atoms with Crippen LogP contribution in [0.1, 0.15) is 35.3 Å². The quantitative estimate of drug-likeness (QED) is 0.540. The Kier molecular flexibility index (Phi) is 7.33. The van der Waals surface area contributed by atoms with Crippen molar-refractivity contribution in [2.75, 3.05) is 20.3 Å². The van der Waals surface area contributed by atoms with Crippen LogP contribution in [0.3, 0.4) is 0 Å². The van der Waals surface area contributed by atoms with Crippen molar-refractivity contribution in [2.24, 2.45) is 0 Å². The monoisotopic (exact) mass is 418 g/mol. The molecule has 3 unspecified atom stereocenters. The number of aliphatic hydroxyl groups excluding tert-OH is 4. The average molecular weight is 418 g/mol. The molecular weight excluding hydrogens is 388 g/mol. The van der Waals surface area contributed by atoms with Gasteiger partial charge in [0.15, 0.2) is 0 Å². The maximum Gasteiger partial charge on any atom is 0.125 e. The molecule has 7 nitrogen and oxygen atoms in total. The zero-order valence-corrected chi connectivity index (χ0v) is 17.5. The zero-order chi connectivity index (χ0) is 21.8. The van der Waals surface area contributed by atoms with Crippen LogP contribution in [-0.4, -0.2) is 65.2 Å². The molecule has 0 bridgehead atoms. The van der Waals surface area contributed by atoms with Crippen LogP contribution < -0.4 is 9.47 Å². The molecule has 2 aromatic carbocycles. The van der Waals surface area contributed by atoms with Gasteiger partial charge in [0.05, 0.1) is 20.3 Å². The fraction of sp³-hybridized carbons (Fsp3) is 0.478. The van der Waals surface area contributed by atoms with E-state index >= 15 is 0 Å². The van der Waals surface area contributed by atoms with Crippen LogP contribution in [-0.2, 0) is 11.2 Å². The van der Waals surface area contributed by atoms with Crippen molar-refractivity contribution < 1.29 is 34.6 Å². The van der Waals surface area contributed by atoms with Crippen molar-refractivity contribution in [3.05, 3.63) is 58.7 Å². The van der Waals surface area contributed by atoms with Crippen molar-refractivity contribution in [3.8, 4) is 11.5 Å². The summed E-state index contributed by atoms with van der Waals surface area (Å²) >= 11 is 0. The summed E-state index contributed by atoms with van der Waals surface area (Å²) in [5.74, 6) is 1.32. The Morgan fingerprint density at radius 3 is 2.30 bits per heavy atom.